The largest absolute Gasteiger partial charge is 0.444 e. The zero-order valence-electron chi connectivity index (χ0n) is 15.1. The number of ether oxygens (including phenoxy) is 2. The summed E-state index contributed by atoms with van der Waals surface area (Å²) in [6, 6.07) is 10.2. The molecule has 5 heteroatoms. The molecule has 1 amide bonds. The lowest BCUT2D eigenvalue weighted by Crippen LogP contribution is -2.51. The summed E-state index contributed by atoms with van der Waals surface area (Å²) in [6.07, 6.45) is 1.83. The number of nitrogens with one attached hydrogen (secondary N) is 1. The van der Waals surface area contributed by atoms with E-state index in [0.717, 1.165) is 31.5 Å². The van der Waals surface area contributed by atoms with Gasteiger partial charge in [0.05, 0.1) is 13.2 Å². The smallest absolute Gasteiger partial charge is 0.410 e. The third-order valence-corrected chi connectivity index (χ3v) is 3.93. The lowest BCUT2D eigenvalue weighted by Gasteiger charge is -2.35. The third kappa shape index (κ3) is 6.49. The minimum Gasteiger partial charge on any atom is -0.444 e. The van der Waals surface area contributed by atoms with Crippen LogP contribution in [0.5, 0.6) is 0 Å². The maximum Gasteiger partial charge on any atom is 0.410 e. The van der Waals surface area contributed by atoms with Crippen LogP contribution in [0.1, 0.15) is 39.2 Å². The Labute approximate surface area is 145 Å². The molecule has 1 heterocycles. The van der Waals surface area contributed by atoms with Crippen molar-refractivity contribution >= 4 is 6.09 Å². The highest BCUT2D eigenvalue weighted by Crippen LogP contribution is 2.16. The van der Waals surface area contributed by atoms with Gasteiger partial charge in [-0.15, -0.1) is 0 Å². The van der Waals surface area contributed by atoms with Crippen LogP contribution in [-0.4, -0.2) is 48.9 Å². The zero-order chi connectivity index (χ0) is 17.4. The van der Waals surface area contributed by atoms with Gasteiger partial charge in [-0.05, 0) is 45.7 Å². The molecule has 24 heavy (non-hydrogen) atoms. The molecule has 0 unspecified atom stereocenters. The van der Waals surface area contributed by atoms with Crippen LogP contribution in [0.3, 0.4) is 0 Å². The van der Waals surface area contributed by atoms with Gasteiger partial charge in [0.25, 0.3) is 0 Å². The molecule has 0 saturated carbocycles. The maximum atomic E-state index is 12.5. The van der Waals surface area contributed by atoms with Gasteiger partial charge < -0.3 is 19.7 Å². The highest BCUT2D eigenvalue weighted by atomic mass is 16.6. The second-order valence-electron chi connectivity index (χ2n) is 7.21. The van der Waals surface area contributed by atoms with Gasteiger partial charge >= 0.3 is 6.09 Å². The average molecular weight is 334 g/mol. The number of piperidine rings is 1. The molecule has 0 bridgehead atoms. The van der Waals surface area contributed by atoms with Crippen molar-refractivity contribution in [2.24, 2.45) is 0 Å². The van der Waals surface area contributed by atoms with Crippen LogP contribution in [-0.2, 0) is 16.1 Å². The molecule has 134 valence electrons. The molecule has 1 N–H and O–H groups in total. The van der Waals surface area contributed by atoms with E-state index >= 15 is 0 Å². The van der Waals surface area contributed by atoms with Crippen LogP contribution in [0.25, 0.3) is 0 Å². The summed E-state index contributed by atoms with van der Waals surface area (Å²) in [5.74, 6) is 0. The molecule has 2 rings (SSSR count). The van der Waals surface area contributed by atoms with E-state index in [1.165, 1.54) is 0 Å². The number of nitrogens with zero attached hydrogens (tertiary/aromatic N) is 1. The normalized spacial score (nSPS) is 18.2. The van der Waals surface area contributed by atoms with Crippen LogP contribution >= 0.6 is 0 Å². The lowest BCUT2D eigenvalue weighted by molar-refractivity contribution is 0.00368. The Morgan fingerprint density at radius 2 is 2.04 bits per heavy atom. The van der Waals surface area contributed by atoms with E-state index in [-0.39, 0.29) is 12.1 Å². The molecule has 1 atom stereocenters. The van der Waals surface area contributed by atoms with Gasteiger partial charge in [-0.1, -0.05) is 30.3 Å². The fourth-order valence-corrected chi connectivity index (χ4v) is 2.77. The summed E-state index contributed by atoms with van der Waals surface area (Å²) in [5.41, 5.74) is 0.656. The van der Waals surface area contributed by atoms with Crippen LogP contribution in [0.15, 0.2) is 30.3 Å². The molecule has 0 aromatic heterocycles. The number of rotatable bonds is 6. The summed E-state index contributed by atoms with van der Waals surface area (Å²) in [5, 5.41) is 3.36. The average Bonchev–Trinajstić information content (AvgIpc) is 2.55. The van der Waals surface area contributed by atoms with Gasteiger partial charge in [-0.25, -0.2) is 4.79 Å². The van der Waals surface area contributed by atoms with E-state index in [1.54, 1.807) is 0 Å². The Bertz CT molecular complexity index is 493. The molecule has 1 aliphatic rings. The van der Waals surface area contributed by atoms with Gasteiger partial charge in [0.15, 0.2) is 0 Å². The van der Waals surface area contributed by atoms with Crippen LogP contribution in [0.4, 0.5) is 4.79 Å². The molecule has 0 radical (unpaired) electrons. The first-order valence-electron chi connectivity index (χ1n) is 8.78. The van der Waals surface area contributed by atoms with Crippen molar-refractivity contribution in [1.82, 2.24) is 10.2 Å². The predicted octanol–water partition coefficient (Wildman–Crippen LogP) is 3.19. The lowest BCUT2D eigenvalue weighted by atomic mass is 10.1. The van der Waals surface area contributed by atoms with Crippen molar-refractivity contribution in [2.45, 2.75) is 51.9 Å². The SMILES string of the molecule is CC(C)(C)OC(=O)N(CCOCc1ccccc1)[C@H]1CCCNC1. The van der Waals surface area contributed by atoms with Gasteiger partial charge in [-0.2, -0.15) is 0 Å². The van der Waals surface area contributed by atoms with E-state index < -0.39 is 5.60 Å². The predicted molar refractivity (Wildman–Crippen MR) is 94.9 cm³/mol. The summed E-state index contributed by atoms with van der Waals surface area (Å²) >= 11 is 0. The quantitative estimate of drug-likeness (QED) is 0.812. The first-order valence-corrected chi connectivity index (χ1v) is 8.78. The van der Waals surface area contributed by atoms with Crippen LogP contribution < -0.4 is 5.32 Å². The Morgan fingerprint density at radius 1 is 1.29 bits per heavy atom. The number of carbonyl (C=O) groups is 1. The maximum absolute atomic E-state index is 12.5. The molecule has 1 aromatic carbocycles. The number of hydrogen-bond acceptors (Lipinski definition) is 4. The Morgan fingerprint density at radius 3 is 2.67 bits per heavy atom. The fraction of sp³-hybridized carbons (Fsp3) is 0.632. The van der Waals surface area contributed by atoms with Gasteiger partial charge in [-0.3, -0.25) is 0 Å². The Hall–Kier alpha value is -1.59. The highest BCUT2D eigenvalue weighted by Gasteiger charge is 2.29. The first kappa shape index (κ1) is 18.7. The first-order chi connectivity index (χ1) is 11.5. The topological polar surface area (TPSA) is 50.8 Å². The molecule has 1 fully saturated rings. The minimum atomic E-state index is -0.484. The number of amides is 1. The Balaban J connectivity index is 1.86. The van der Waals surface area contributed by atoms with Crippen LogP contribution in [0, 0.1) is 0 Å². The van der Waals surface area contributed by atoms with Gasteiger partial charge in [0, 0.05) is 19.1 Å². The second-order valence-corrected chi connectivity index (χ2v) is 7.21. The van der Waals surface area contributed by atoms with E-state index in [0.29, 0.717) is 19.8 Å². The van der Waals surface area contributed by atoms with Gasteiger partial charge in [0.1, 0.15) is 5.60 Å². The summed E-state index contributed by atoms with van der Waals surface area (Å²) in [7, 11) is 0. The minimum absolute atomic E-state index is 0.175. The van der Waals surface area contributed by atoms with Crippen LogP contribution in [0.2, 0.25) is 0 Å². The van der Waals surface area contributed by atoms with E-state index in [2.05, 4.69) is 5.32 Å². The molecule has 0 aliphatic carbocycles. The highest BCUT2D eigenvalue weighted by molar-refractivity contribution is 5.68. The van der Waals surface area contributed by atoms with Crippen molar-refractivity contribution in [3.63, 3.8) is 0 Å². The number of benzene rings is 1. The van der Waals surface area contributed by atoms with Crippen molar-refractivity contribution < 1.29 is 14.3 Å². The molecule has 1 saturated heterocycles. The second kappa shape index (κ2) is 9.04. The molecular formula is C19H30N2O3. The summed E-state index contributed by atoms with van der Waals surface area (Å²) in [4.78, 5) is 14.4. The number of carbonyl (C=O) groups excluding carboxylic acids is 1. The third-order valence-electron chi connectivity index (χ3n) is 3.93. The van der Waals surface area contributed by atoms with E-state index in [1.807, 2.05) is 56.0 Å². The standard InChI is InChI=1S/C19H30N2O3/c1-19(2,3)24-18(22)21(17-10-7-11-20-14-17)12-13-23-15-16-8-5-4-6-9-16/h4-6,8-9,17,20H,7,10-15H2,1-3H3/t17-/m0/s1. The van der Waals surface area contributed by atoms with Gasteiger partial charge in [0.2, 0.25) is 0 Å². The monoisotopic (exact) mass is 334 g/mol. The van der Waals surface area contributed by atoms with E-state index in [9.17, 15) is 4.79 Å². The summed E-state index contributed by atoms with van der Waals surface area (Å²) in [6.45, 7) is 9.14. The zero-order valence-corrected chi connectivity index (χ0v) is 15.1. The summed E-state index contributed by atoms with van der Waals surface area (Å²) < 4.78 is 11.3. The molecule has 1 aliphatic heterocycles. The van der Waals surface area contributed by atoms with Crippen molar-refractivity contribution in [2.75, 3.05) is 26.2 Å². The molecule has 0 spiro atoms. The fourth-order valence-electron chi connectivity index (χ4n) is 2.77. The molecular weight excluding hydrogens is 304 g/mol. The molecule has 5 nitrogen and oxygen atoms in total. The molecule has 1 aromatic rings. The number of hydrogen-bond donors (Lipinski definition) is 1. The van der Waals surface area contributed by atoms with Crippen molar-refractivity contribution in [1.29, 1.82) is 0 Å². The van der Waals surface area contributed by atoms with Crippen molar-refractivity contribution in [3.8, 4) is 0 Å². The van der Waals surface area contributed by atoms with Crippen molar-refractivity contribution in [3.05, 3.63) is 35.9 Å². The Kier molecular flexibility index (Phi) is 7.06. The van der Waals surface area contributed by atoms with E-state index in [4.69, 9.17) is 9.47 Å².